The fraction of sp³-hybridized carbons (Fsp3) is 0.333. The maximum Gasteiger partial charge on any atom is 0.287 e. The van der Waals surface area contributed by atoms with Gasteiger partial charge in [0.1, 0.15) is 5.69 Å². The third-order valence-corrected chi connectivity index (χ3v) is 2.46. The maximum atomic E-state index is 11.9. The molecular weight excluding hydrogens is 254 g/mol. The summed E-state index contributed by atoms with van der Waals surface area (Å²) in [5.74, 6) is -0.0998. The van der Waals surface area contributed by atoms with E-state index in [1.54, 1.807) is 6.92 Å². The minimum atomic E-state index is -0.540. The van der Waals surface area contributed by atoms with Crippen LogP contribution >= 0.6 is 0 Å². The number of nitrogens with one attached hydrogen (secondary N) is 2. The van der Waals surface area contributed by atoms with Crippen molar-refractivity contribution in [3.05, 3.63) is 33.9 Å². The van der Waals surface area contributed by atoms with Crippen LogP contribution in [0.1, 0.15) is 23.2 Å². The molecule has 2 aromatic rings. The first-order valence-electron chi connectivity index (χ1n) is 5.47. The third-order valence-electron chi connectivity index (χ3n) is 2.46. The second kappa shape index (κ2) is 5.25. The molecular formula is C9H11N7O3. The summed E-state index contributed by atoms with van der Waals surface area (Å²) >= 11 is 0. The molecule has 10 nitrogen and oxygen atoms in total. The van der Waals surface area contributed by atoms with E-state index in [0.29, 0.717) is 12.4 Å². The number of hydrogen-bond acceptors (Lipinski definition) is 6. The van der Waals surface area contributed by atoms with Crippen LogP contribution in [-0.2, 0) is 13.1 Å². The van der Waals surface area contributed by atoms with Crippen molar-refractivity contribution < 1.29 is 9.72 Å². The number of tetrazole rings is 1. The molecule has 0 aliphatic heterocycles. The molecule has 2 rings (SSSR count). The summed E-state index contributed by atoms with van der Waals surface area (Å²) in [6.45, 7) is 2.34. The maximum absolute atomic E-state index is 11.9. The molecule has 0 aliphatic rings. The van der Waals surface area contributed by atoms with Crippen molar-refractivity contribution in [2.24, 2.45) is 0 Å². The van der Waals surface area contributed by atoms with Gasteiger partial charge in [0.05, 0.1) is 17.7 Å². The Labute approximate surface area is 107 Å². The number of hydrogen-bond donors (Lipinski definition) is 2. The lowest BCUT2D eigenvalue weighted by Crippen LogP contribution is -2.25. The Hall–Kier alpha value is -2.78. The third kappa shape index (κ3) is 2.73. The molecule has 0 atom stereocenters. The van der Waals surface area contributed by atoms with Crippen molar-refractivity contribution in [2.45, 2.75) is 20.0 Å². The van der Waals surface area contributed by atoms with Crippen LogP contribution in [0.2, 0.25) is 0 Å². The van der Waals surface area contributed by atoms with Crippen molar-refractivity contribution in [1.82, 2.24) is 30.5 Å². The van der Waals surface area contributed by atoms with Gasteiger partial charge in [-0.15, -0.1) is 10.2 Å². The summed E-state index contributed by atoms with van der Waals surface area (Å²) in [6, 6.07) is 1.23. The molecule has 100 valence electrons. The topological polar surface area (TPSA) is 132 Å². The summed E-state index contributed by atoms with van der Waals surface area (Å²) in [6.07, 6.45) is 1.32. The first kappa shape index (κ1) is 12.7. The van der Waals surface area contributed by atoms with E-state index in [1.165, 1.54) is 16.8 Å². The standard InChI is InChI=1S/C9H11N7O3/c1-2-15-5-6(16(18)19)3-7(15)9(17)10-4-8-11-13-14-12-8/h3,5H,2,4H2,1H3,(H,10,17)(H,11,12,13,14). The number of H-pyrrole nitrogens is 1. The highest BCUT2D eigenvalue weighted by atomic mass is 16.6. The number of nitro groups is 1. The number of aromatic amines is 1. The Bertz CT molecular complexity index is 589. The zero-order valence-electron chi connectivity index (χ0n) is 10.0. The number of nitrogens with zero attached hydrogens (tertiary/aromatic N) is 5. The lowest BCUT2D eigenvalue weighted by atomic mass is 10.3. The molecule has 0 aliphatic carbocycles. The molecule has 2 aromatic heterocycles. The lowest BCUT2D eigenvalue weighted by Gasteiger charge is -2.05. The van der Waals surface area contributed by atoms with Gasteiger partial charge < -0.3 is 9.88 Å². The van der Waals surface area contributed by atoms with E-state index in [0.717, 1.165) is 0 Å². The summed E-state index contributed by atoms with van der Waals surface area (Å²) in [5, 5.41) is 26.2. The largest absolute Gasteiger partial charge is 0.343 e. The highest BCUT2D eigenvalue weighted by Gasteiger charge is 2.18. The van der Waals surface area contributed by atoms with Crippen molar-refractivity contribution >= 4 is 11.6 Å². The second-order valence-corrected chi connectivity index (χ2v) is 3.64. The predicted molar refractivity (Wildman–Crippen MR) is 62.1 cm³/mol. The number of amides is 1. The van der Waals surface area contributed by atoms with E-state index in [1.807, 2.05) is 0 Å². The van der Waals surface area contributed by atoms with Gasteiger partial charge in [-0.1, -0.05) is 5.21 Å². The van der Waals surface area contributed by atoms with Crippen LogP contribution in [0.25, 0.3) is 0 Å². The van der Waals surface area contributed by atoms with Gasteiger partial charge in [0.2, 0.25) is 0 Å². The zero-order valence-corrected chi connectivity index (χ0v) is 10.0. The Morgan fingerprint density at radius 1 is 1.63 bits per heavy atom. The molecule has 0 unspecified atom stereocenters. The van der Waals surface area contributed by atoms with Crippen LogP contribution in [0.15, 0.2) is 12.3 Å². The summed E-state index contributed by atoms with van der Waals surface area (Å²) in [4.78, 5) is 22.1. The number of carbonyl (C=O) groups excluding carboxylic acids is 1. The van der Waals surface area contributed by atoms with Gasteiger partial charge in [-0.05, 0) is 6.92 Å². The smallest absolute Gasteiger partial charge is 0.287 e. The number of aromatic nitrogens is 5. The van der Waals surface area contributed by atoms with E-state index in [4.69, 9.17) is 0 Å². The highest BCUT2D eigenvalue weighted by molar-refractivity contribution is 5.93. The van der Waals surface area contributed by atoms with Gasteiger partial charge in [-0.3, -0.25) is 14.9 Å². The SMILES string of the molecule is CCn1cc([N+](=O)[O-])cc1C(=O)NCc1nn[nH]n1. The van der Waals surface area contributed by atoms with Crippen molar-refractivity contribution in [3.63, 3.8) is 0 Å². The van der Waals surface area contributed by atoms with Gasteiger partial charge in [-0.2, -0.15) is 5.21 Å². The number of aryl methyl sites for hydroxylation is 1. The molecule has 0 bridgehead atoms. The fourth-order valence-corrected chi connectivity index (χ4v) is 1.55. The summed E-state index contributed by atoms with van der Waals surface area (Å²) < 4.78 is 1.50. The highest BCUT2D eigenvalue weighted by Crippen LogP contribution is 2.16. The van der Waals surface area contributed by atoms with Gasteiger partial charge in [-0.25, -0.2) is 0 Å². The average molecular weight is 265 g/mol. The zero-order chi connectivity index (χ0) is 13.8. The van der Waals surface area contributed by atoms with Gasteiger partial charge in [0.25, 0.3) is 11.6 Å². The van der Waals surface area contributed by atoms with Crippen molar-refractivity contribution in [2.75, 3.05) is 0 Å². The van der Waals surface area contributed by atoms with Crippen molar-refractivity contribution in [3.8, 4) is 0 Å². The molecule has 2 heterocycles. The molecule has 0 spiro atoms. The molecule has 1 amide bonds. The first-order valence-corrected chi connectivity index (χ1v) is 5.47. The van der Waals surface area contributed by atoms with E-state index >= 15 is 0 Å². The van der Waals surface area contributed by atoms with Gasteiger partial charge in [0.15, 0.2) is 5.82 Å². The lowest BCUT2D eigenvalue weighted by molar-refractivity contribution is -0.384. The molecule has 10 heteroatoms. The molecule has 0 radical (unpaired) electrons. The minimum absolute atomic E-state index is 0.0953. The second-order valence-electron chi connectivity index (χ2n) is 3.64. The number of rotatable bonds is 5. The van der Waals surface area contributed by atoms with Crippen LogP contribution in [0.3, 0.4) is 0 Å². The monoisotopic (exact) mass is 265 g/mol. The quantitative estimate of drug-likeness (QED) is 0.571. The normalized spacial score (nSPS) is 10.4. The first-order chi connectivity index (χ1) is 9.11. The van der Waals surface area contributed by atoms with E-state index in [-0.39, 0.29) is 17.9 Å². The van der Waals surface area contributed by atoms with E-state index < -0.39 is 10.8 Å². The van der Waals surface area contributed by atoms with E-state index in [9.17, 15) is 14.9 Å². The Kier molecular flexibility index (Phi) is 3.50. The fourth-order valence-electron chi connectivity index (χ4n) is 1.55. The summed E-state index contributed by atoms with van der Waals surface area (Å²) in [7, 11) is 0. The Morgan fingerprint density at radius 3 is 3.00 bits per heavy atom. The van der Waals surface area contributed by atoms with Gasteiger partial charge in [0, 0.05) is 12.6 Å². The summed E-state index contributed by atoms with van der Waals surface area (Å²) in [5.41, 5.74) is 0.101. The molecule has 0 aromatic carbocycles. The molecule has 2 N–H and O–H groups in total. The Balaban J connectivity index is 2.11. The average Bonchev–Trinajstić information content (AvgIpc) is 3.04. The molecule has 19 heavy (non-hydrogen) atoms. The molecule has 0 saturated carbocycles. The number of carbonyl (C=O) groups is 1. The van der Waals surface area contributed by atoms with Crippen LogP contribution in [0.4, 0.5) is 5.69 Å². The van der Waals surface area contributed by atoms with Gasteiger partial charge >= 0.3 is 0 Å². The van der Waals surface area contributed by atoms with E-state index in [2.05, 4.69) is 25.9 Å². The van der Waals surface area contributed by atoms with Crippen LogP contribution in [-0.4, -0.2) is 36.0 Å². The molecule has 0 fully saturated rings. The van der Waals surface area contributed by atoms with Crippen molar-refractivity contribution in [1.29, 1.82) is 0 Å². The minimum Gasteiger partial charge on any atom is -0.343 e. The molecule has 0 saturated heterocycles. The van der Waals surface area contributed by atoms with Crippen LogP contribution in [0, 0.1) is 10.1 Å². The predicted octanol–water partition coefficient (Wildman–Crippen LogP) is -0.141. The van der Waals surface area contributed by atoms with Crippen LogP contribution in [0.5, 0.6) is 0 Å². The Morgan fingerprint density at radius 2 is 2.42 bits per heavy atom. The van der Waals surface area contributed by atoms with Crippen LogP contribution < -0.4 is 5.32 Å².